The Balaban J connectivity index is 1.81. The monoisotopic (exact) mass is 326 g/mol. The number of nitrogens with zero attached hydrogens (tertiary/aromatic N) is 1. The fraction of sp³-hybridized carbons (Fsp3) is 0.263. The van der Waals surface area contributed by atoms with Crippen molar-refractivity contribution in [3.05, 3.63) is 64.7 Å². The van der Waals surface area contributed by atoms with E-state index < -0.39 is 0 Å². The second-order valence-corrected chi connectivity index (χ2v) is 6.42. The number of rotatable bonds is 2. The first-order chi connectivity index (χ1) is 11.2. The van der Waals surface area contributed by atoms with Crippen LogP contribution in [-0.2, 0) is 6.42 Å². The Morgan fingerprint density at radius 2 is 2.00 bits per heavy atom. The van der Waals surface area contributed by atoms with E-state index in [1.54, 1.807) is 7.11 Å². The fourth-order valence-corrected chi connectivity index (χ4v) is 3.83. The molecule has 0 saturated heterocycles. The van der Waals surface area contributed by atoms with Crippen molar-refractivity contribution in [2.24, 2.45) is 0 Å². The Kier molecular flexibility index (Phi) is 3.46. The molecule has 0 amide bonds. The Labute approximate surface area is 141 Å². The van der Waals surface area contributed by atoms with Crippen molar-refractivity contribution in [1.29, 1.82) is 0 Å². The lowest BCUT2D eigenvalue weighted by molar-refractivity contribution is 0.414. The summed E-state index contributed by atoms with van der Waals surface area (Å²) in [7, 11) is 1.69. The molecule has 0 aliphatic carbocycles. The molecule has 0 fully saturated rings. The largest absolute Gasteiger partial charge is 0.497 e. The first kappa shape index (κ1) is 14.5. The first-order valence-electron chi connectivity index (χ1n) is 7.87. The van der Waals surface area contributed by atoms with Crippen LogP contribution in [0.3, 0.4) is 0 Å². The zero-order valence-electron chi connectivity index (χ0n) is 13.1. The number of methoxy groups -OCH3 is 1. The number of nitrogens with one attached hydrogen (secondary N) is 1. The predicted molar refractivity (Wildman–Crippen MR) is 95.0 cm³/mol. The van der Waals surface area contributed by atoms with Gasteiger partial charge in [-0.1, -0.05) is 30.3 Å². The molecule has 0 unspecified atom stereocenters. The predicted octanol–water partition coefficient (Wildman–Crippen LogP) is 4.37. The second kappa shape index (κ2) is 5.50. The molecular formula is C19H19ClN2O. The van der Waals surface area contributed by atoms with Gasteiger partial charge < -0.3 is 15.0 Å². The summed E-state index contributed by atoms with van der Waals surface area (Å²) in [5.41, 5.74) is 5.81. The van der Waals surface area contributed by atoms with E-state index in [0.29, 0.717) is 0 Å². The third kappa shape index (κ3) is 2.27. The zero-order valence-corrected chi connectivity index (χ0v) is 13.9. The van der Waals surface area contributed by atoms with Crippen LogP contribution in [0.5, 0.6) is 5.75 Å². The van der Waals surface area contributed by atoms with Crippen LogP contribution in [0.2, 0.25) is 5.02 Å². The maximum atomic E-state index is 6.45. The molecule has 3 nitrogen and oxygen atoms in total. The molecule has 4 heteroatoms. The highest BCUT2D eigenvalue weighted by atomic mass is 35.5. The van der Waals surface area contributed by atoms with Crippen molar-refractivity contribution in [2.45, 2.75) is 19.0 Å². The topological polar surface area (TPSA) is 24.5 Å². The van der Waals surface area contributed by atoms with Gasteiger partial charge in [0.05, 0.1) is 12.8 Å². The van der Waals surface area contributed by atoms with Crippen LogP contribution in [0.25, 0.3) is 5.70 Å². The molecule has 23 heavy (non-hydrogen) atoms. The van der Waals surface area contributed by atoms with Crippen LogP contribution in [0.15, 0.2) is 43.0 Å². The smallest absolute Gasteiger partial charge is 0.126 e. The van der Waals surface area contributed by atoms with Crippen molar-refractivity contribution in [3.63, 3.8) is 0 Å². The quantitative estimate of drug-likeness (QED) is 0.886. The van der Waals surface area contributed by atoms with E-state index in [0.717, 1.165) is 41.4 Å². The van der Waals surface area contributed by atoms with E-state index in [1.807, 2.05) is 18.2 Å². The van der Waals surface area contributed by atoms with Crippen molar-refractivity contribution >= 4 is 23.0 Å². The lowest BCUT2D eigenvalue weighted by atomic mass is 9.92. The molecule has 4 rings (SSSR count). The molecule has 118 valence electrons. The Bertz CT molecular complexity index is 770. The SMILES string of the molecule is C=C1N[C@H](c2ccc(OC)cc2)N2CCCc3c(Cl)ccc1c32. The second-order valence-electron chi connectivity index (χ2n) is 6.02. The molecule has 0 spiro atoms. The molecule has 0 saturated carbocycles. The van der Waals surface area contributed by atoms with Gasteiger partial charge in [0.25, 0.3) is 0 Å². The van der Waals surface area contributed by atoms with Crippen molar-refractivity contribution in [3.8, 4) is 5.75 Å². The molecule has 1 N–H and O–H groups in total. The fourth-order valence-electron chi connectivity index (χ4n) is 3.59. The summed E-state index contributed by atoms with van der Waals surface area (Å²) < 4.78 is 5.26. The van der Waals surface area contributed by atoms with Crippen LogP contribution >= 0.6 is 11.6 Å². The molecule has 0 radical (unpaired) electrons. The van der Waals surface area contributed by atoms with E-state index in [4.69, 9.17) is 16.3 Å². The molecule has 2 aliphatic heterocycles. The summed E-state index contributed by atoms with van der Waals surface area (Å²) in [5, 5.41) is 4.41. The Morgan fingerprint density at radius 1 is 1.22 bits per heavy atom. The standard InChI is InChI=1S/C19H19ClN2O/c1-12-15-9-10-17(20)16-4-3-11-22(18(15)16)19(21-12)13-5-7-14(23-2)8-6-13/h5-10,19,21H,1,3-4,11H2,2H3/t19-/m0/s1. The summed E-state index contributed by atoms with van der Waals surface area (Å²) in [5.74, 6) is 0.867. The van der Waals surface area contributed by atoms with E-state index >= 15 is 0 Å². The van der Waals surface area contributed by atoms with E-state index in [9.17, 15) is 0 Å². The van der Waals surface area contributed by atoms with Crippen molar-refractivity contribution in [1.82, 2.24) is 5.32 Å². The van der Waals surface area contributed by atoms with Gasteiger partial charge in [0, 0.05) is 22.8 Å². The molecule has 2 aromatic carbocycles. The van der Waals surface area contributed by atoms with Crippen LogP contribution in [0, 0.1) is 0 Å². The summed E-state index contributed by atoms with van der Waals surface area (Å²) in [4.78, 5) is 2.41. The highest BCUT2D eigenvalue weighted by Gasteiger charge is 2.33. The third-order valence-electron chi connectivity index (χ3n) is 4.72. The highest BCUT2D eigenvalue weighted by Crippen LogP contribution is 2.44. The third-order valence-corrected chi connectivity index (χ3v) is 5.07. The van der Waals surface area contributed by atoms with Gasteiger partial charge in [0.15, 0.2) is 0 Å². The summed E-state index contributed by atoms with van der Waals surface area (Å²) >= 11 is 6.45. The molecule has 2 aliphatic rings. The molecule has 0 bridgehead atoms. The number of ether oxygens (including phenoxy) is 1. The minimum absolute atomic E-state index is 0.0819. The van der Waals surface area contributed by atoms with Gasteiger partial charge in [-0.05, 0) is 48.2 Å². The number of anilines is 1. The maximum absolute atomic E-state index is 6.45. The van der Waals surface area contributed by atoms with Crippen LogP contribution in [0.1, 0.15) is 29.3 Å². The minimum atomic E-state index is 0.0819. The van der Waals surface area contributed by atoms with E-state index in [2.05, 4.69) is 35.0 Å². The summed E-state index contributed by atoms with van der Waals surface area (Å²) in [6.07, 6.45) is 2.22. The van der Waals surface area contributed by atoms with Crippen LogP contribution < -0.4 is 15.0 Å². The average molecular weight is 327 g/mol. The maximum Gasteiger partial charge on any atom is 0.126 e. The molecule has 1 atom stereocenters. The Morgan fingerprint density at radius 3 is 2.74 bits per heavy atom. The van der Waals surface area contributed by atoms with Gasteiger partial charge in [-0.3, -0.25) is 0 Å². The van der Waals surface area contributed by atoms with Crippen LogP contribution in [-0.4, -0.2) is 13.7 Å². The number of hydrogen-bond acceptors (Lipinski definition) is 3. The van der Waals surface area contributed by atoms with E-state index in [-0.39, 0.29) is 6.17 Å². The first-order valence-corrected chi connectivity index (χ1v) is 8.24. The number of benzene rings is 2. The van der Waals surface area contributed by atoms with Gasteiger partial charge in [-0.15, -0.1) is 0 Å². The van der Waals surface area contributed by atoms with E-state index in [1.165, 1.54) is 16.8 Å². The zero-order chi connectivity index (χ0) is 16.0. The molecule has 0 aromatic heterocycles. The average Bonchev–Trinajstić information content (AvgIpc) is 2.59. The highest BCUT2D eigenvalue weighted by molar-refractivity contribution is 6.32. The lowest BCUT2D eigenvalue weighted by Crippen LogP contribution is -2.44. The minimum Gasteiger partial charge on any atom is -0.497 e. The number of halogens is 1. The summed E-state index contributed by atoms with van der Waals surface area (Å²) in [6, 6.07) is 12.3. The Hall–Kier alpha value is -2.13. The molecule has 2 heterocycles. The van der Waals surface area contributed by atoms with Crippen molar-refractivity contribution < 1.29 is 4.74 Å². The molecular weight excluding hydrogens is 308 g/mol. The van der Waals surface area contributed by atoms with Crippen LogP contribution in [0.4, 0.5) is 5.69 Å². The summed E-state index contributed by atoms with van der Waals surface area (Å²) in [6.45, 7) is 5.23. The van der Waals surface area contributed by atoms with Gasteiger partial charge in [0.1, 0.15) is 11.9 Å². The number of hydrogen-bond donors (Lipinski definition) is 1. The van der Waals surface area contributed by atoms with Gasteiger partial charge in [-0.25, -0.2) is 0 Å². The molecule has 2 aromatic rings. The van der Waals surface area contributed by atoms with Crippen molar-refractivity contribution in [2.75, 3.05) is 18.6 Å². The normalized spacial score (nSPS) is 19.1. The van der Waals surface area contributed by atoms with Gasteiger partial charge >= 0.3 is 0 Å². The lowest BCUT2D eigenvalue weighted by Gasteiger charge is -2.44. The van der Waals surface area contributed by atoms with Gasteiger partial charge in [0.2, 0.25) is 0 Å². The van der Waals surface area contributed by atoms with Gasteiger partial charge in [-0.2, -0.15) is 0 Å².